The first-order chi connectivity index (χ1) is 8.72. The SMILES string of the molecule is COc1cccc(Nc2cc(OC)ccc2N)c1. The summed E-state index contributed by atoms with van der Waals surface area (Å²) < 4.78 is 10.3. The number of ether oxygens (including phenoxy) is 2. The number of hydrogen-bond donors (Lipinski definition) is 2. The van der Waals surface area contributed by atoms with Gasteiger partial charge in [-0.25, -0.2) is 0 Å². The van der Waals surface area contributed by atoms with E-state index in [0.717, 1.165) is 22.9 Å². The third-order valence-electron chi connectivity index (χ3n) is 2.61. The van der Waals surface area contributed by atoms with Crippen LogP contribution in [0.4, 0.5) is 17.1 Å². The average Bonchev–Trinajstić information content (AvgIpc) is 2.41. The van der Waals surface area contributed by atoms with E-state index in [1.165, 1.54) is 0 Å². The number of benzene rings is 2. The van der Waals surface area contributed by atoms with E-state index >= 15 is 0 Å². The van der Waals surface area contributed by atoms with Crippen LogP contribution in [0.1, 0.15) is 0 Å². The summed E-state index contributed by atoms with van der Waals surface area (Å²) in [4.78, 5) is 0. The van der Waals surface area contributed by atoms with Gasteiger partial charge in [-0.05, 0) is 24.3 Å². The fourth-order valence-electron chi connectivity index (χ4n) is 1.63. The molecule has 0 bridgehead atoms. The van der Waals surface area contributed by atoms with Crippen LogP contribution in [0.2, 0.25) is 0 Å². The van der Waals surface area contributed by atoms with Gasteiger partial charge in [0.15, 0.2) is 0 Å². The van der Waals surface area contributed by atoms with Crippen LogP contribution < -0.4 is 20.5 Å². The first-order valence-electron chi connectivity index (χ1n) is 5.57. The second kappa shape index (κ2) is 5.31. The molecule has 2 rings (SSSR count). The molecule has 2 aromatic carbocycles. The minimum absolute atomic E-state index is 0.665. The molecule has 0 radical (unpaired) electrons. The van der Waals surface area contributed by atoms with Crippen LogP contribution in [0.3, 0.4) is 0 Å². The van der Waals surface area contributed by atoms with Crippen molar-refractivity contribution in [3.8, 4) is 11.5 Å². The Hall–Kier alpha value is -2.36. The normalized spacial score (nSPS) is 9.89. The molecule has 94 valence electrons. The summed E-state index contributed by atoms with van der Waals surface area (Å²) in [6.07, 6.45) is 0. The highest BCUT2D eigenvalue weighted by atomic mass is 16.5. The standard InChI is InChI=1S/C14H16N2O2/c1-17-11-5-3-4-10(8-11)16-14-9-12(18-2)6-7-13(14)15/h3-9,16H,15H2,1-2H3. The monoisotopic (exact) mass is 244 g/mol. The van der Waals surface area contributed by atoms with Crippen LogP contribution in [0, 0.1) is 0 Å². The number of methoxy groups -OCH3 is 2. The van der Waals surface area contributed by atoms with E-state index < -0.39 is 0 Å². The molecule has 0 aliphatic rings. The van der Waals surface area contributed by atoms with E-state index in [4.69, 9.17) is 15.2 Å². The topological polar surface area (TPSA) is 56.5 Å². The summed E-state index contributed by atoms with van der Waals surface area (Å²) in [5.74, 6) is 1.55. The van der Waals surface area contributed by atoms with Crippen molar-refractivity contribution in [1.82, 2.24) is 0 Å². The van der Waals surface area contributed by atoms with Crippen LogP contribution in [0.25, 0.3) is 0 Å². The van der Waals surface area contributed by atoms with Gasteiger partial charge in [0, 0.05) is 17.8 Å². The molecule has 0 aliphatic carbocycles. The Labute approximate surface area is 106 Å². The van der Waals surface area contributed by atoms with Crippen molar-refractivity contribution in [2.75, 3.05) is 25.3 Å². The Morgan fingerprint density at radius 1 is 0.944 bits per heavy atom. The summed E-state index contributed by atoms with van der Waals surface area (Å²) >= 11 is 0. The van der Waals surface area contributed by atoms with Gasteiger partial charge in [-0.1, -0.05) is 6.07 Å². The van der Waals surface area contributed by atoms with E-state index in [0.29, 0.717) is 5.69 Å². The van der Waals surface area contributed by atoms with Crippen LogP contribution in [0.5, 0.6) is 11.5 Å². The molecular weight excluding hydrogens is 228 g/mol. The highest BCUT2D eigenvalue weighted by Crippen LogP contribution is 2.28. The number of nitrogens with two attached hydrogens (primary N) is 1. The zero-order chi connectivity index (χ0) is 13.0. The Balaban J connectivity index is 2.27. The summed E-state index contributed by atoms with van der Waals surface area (Å²) in [7, 11) is 3.26. The molecule has 0 atom stereocenters. The fraction of sp³-hybridized carbons (Fsp3) is 0.143. The number of nitrogens with one attached hydrogen (secondary N) is 1. The van der Waals surface area contributed by atoms with E-state index in [2.05, 4.69) is 5.32 Å². The van der Waals surface area contributed by atoms with E-state index in [-0.39, 0.29) is 0 Å². The molecular formula is C14H16N2O2. The lowest BCUT2D eigenvalue weighted by Gasteiger charge is -2.11. The summed E-state index contributed by atoms with van der Waals surface area (Å²) in [5.41, 5.74) is 8.30. The van der Waals surface area contributed by atoms with Crippen molar-refractivity contribution in [2.24, 2.45) is 0 Å². The highest BCUT2D eigenvalue weighted by Gasteiger charge is 2.03. The molecule has 0 fully saturated rings. The van der Waals surface area contributed by atoms with Gasteiger partial charge in [-0.3, -0.25) is 0 Å². The van der Waals surface area contributed by atoms with E-state index in [1.54, 1.807) is 20.3 Å². The Morgan fingerprint density at radius 3 is 2.39 bits per heavy atom. The smallest absolute Gasteiger partial charge is 0.121 e. The molecule has 0 aromatic heterocycles. The predicted octanol–water partition coefficient (Wildman–Crippen LogP) is 3.03. The van der Waals surface area contributed by atoms with E-state index in [9.17, 15) is 0 Å². The van der Waals surface area contributed by atoms with Crippen LogP contribution in [0.15, 0.2) is 42.5 Å². The third-order valence-corrected chi connectivity index (χ3v) is 2.61. The maximum absolute atomic E-state index is 5.91. The van der Waals surface area contributed by atoms with Gasteiger partial charge in [-0.2, -0.15) is 0 Å². The third kappa shape index (κ3) is 2.66. The Kier molecular flexibility index (Phi) is 3.57. The number of rotatable bonds is 4. The minimum Gasteiger partial charge on any atom is -0.497 e. The quantitative estimate of drug-likeness (QED) is 0.812. The first-order valence-corrected chi connectivity index (χ1v) is 5.57. The molecule has 3 N–H and O–H groups in total. The molecule has 0 saturated heterocycles. The van der Waals surface area contributed by atoms with Crippen molar-refractivity contribution in [3.05, 3.63) is 42.5 Å². The van der Waals surface area contributed by atoms with Crippen LogP contribution in [-0.4, -0.2) is 14.2 Å². The Morgan fingerprint density at radius 2 is 1.67 bits per heavy atom. The first kappa shape index (κ1) is 12.1. The molecule has 0 spiro atoms. The van der Waals surface area contributed by atoms with Gasteiger partial charge >= 0.3 is 0 Å². The van der Waals surface area contributed by atoms with Crippen molar-refractivity contribution >= 4 is 17.1 Å². The van der Waals surface area contributed by atoms with Gasteiger partial charge < -0.3 is 20.5 Å². The maximum Gasteiger partial charge on any atom is 0.121 e. The molecule has 0 saturated carbocycles. The summed E-state index contributed by atoms with van der Waals surface area (Å²) in [6, 6.07) is 13.1. The second-order valence-electron chi connectivity index (χ2n) is 3.81. The molecule has 4 heteroatoms. The lowest BCUT2D eigenvalue weighted by molar-refractivity contribution is 0.415. The largest absolute Gasteiger partial charge is 0.497 e. The molecule has 0 aliphatic heterocycles. The lowest BCUT2D eigenvalue weighted by Crippen LogP contribution is -1.97. The number of nitrogen functional groups attached to an aromatic ring is 1. The summed E-state index contributed by atoms with van der Waals surface area (Å²) in [6.45, 7) is 0. The van der Waals surface area contributed by atoms with Gasteiger partial charge in [0.25, 0.3) is 0 Å². The molecule has 0 unspecified atom stereocenters. The lowest BCUT2D eigenvalue weighted by atomic mass is 10.2. The molecule has 0 amide bonds. The van der Waals surface area contributed by atoms with Crippen molar-refractivity contribution in [3.63, 3.8) is 0 Å². The van der Waals surface area contributed by atoms with Crippen molar-refractivity contribution < 1.29 is 9.47 Å². The predicted molar refractivity (Wildman–Crippen MR) is 73.7 cm³/mol. The van der Waals surface area contributed by atoms with Gasteiger partial charge in [0.2, 0.25) is 0 Å². The van der Waals surface area contributed by atoms with Gasteiger partial charge in [0.05, 0.1) is 25.6 Å². The zero-order valence-corrected chi connectivity index (χ0v) is 10.4. The van der Waals surface area contributed by atoms with Gasteiger partial charge in [-0.15, -0.1) is 0 Å². The Bertz CT molecular complexity index is 541. The van der Waals surface area contributed by atoms with Crippen LogP contribution in [-0.2, 0) is 0 Å². The number of hydrogen-bond acceptors (Lipinski definition) is 4. The van der Waals surface area contributed by atoms with Gasteiger partial charge in [0.1, 0.15) is 11.5 Å². The zero-order valence-electron chi connectivity index (χ0n) is 10.4. The second-order valence-corrected chi connectivity index (χ2v) is 3.81. The van der Waals surface area contributed by atoms with Crippen molar-refractivity contribution in [1.29, 1.82) is 0 Å². The average molecular weight is 244 g/mol. The number of anilines is 3. The van der Waals surface area contributed by atoms with Crippen molar-refractivity contribution in [2.45, 2.75) is 0 Å². The molecule has 18 heavy (non-hydrogen) atoms. The minimum atomic E-state index is 0.665. The summed E-state index contributed by atoms with van der Waals surface area (Å²) in [5, 5.41) is 3.24. The molecule has 0 heterocycles. The molecule has 2 aromatic rings. The maximum atomic E-state index is 5.91. The highest BCUT2D eigenvalue weighted by molar-refractivity contribution is 5.74. The van der Waals surface area contributed by atoms with E-state index in [1.807, 2.05) is 36.4 Å². The fourth-order valence-corrected chi connectivity index (χ4v) is 1.63. The molecule has 4 nitrogen and oxygen atoms in total. The van der Waals surface area contributed by atoms with Crippen LogP contribution >= 0.6 is 0 Å².